The molecule has 3 aromatic rings. The lowest BCUT2D eigenvalue weighted by Gasteiger charge is -2.14. The van der Waals surface area contributed by atoms with Crippen LogP contribution in [0.1, 0.15) is 11.1 Å². The average molecular weight is 322 g/mol. The van der Waals surface area contributed by atoms with E-state index >= 15 is 0 Å². The molecule has 1 aromatic carbocycles. The fraction of sp³-hybridized carbons (Fsp3) is 0.111. The van der Waals surface area contributed by atoms with Crippen LogP contribution >= 0.6 is 0 Å². The first-order valence-corrected chi connectivity index (χ1v) is 7.45. The Bertz CT molecular complexity index is 730. The van der Waals surface area contributed by atoms with Gasteiger partial charge in [-0.3, -0.25) is 9.97 Å². The number of nitrogens with zero attached hydrogens (tertiary/aromatic N) is 2. The van der Waals surface area contributed by atoms with Crippen molar-refractivity contribution in [3.63, 3.8) is 0 Å². The zero-order valence-corrected chi connectivity index (χ0v) is 13.1. The van der Waals surface area contributed by atoms with Gasteiger partial charge in [-0.15, -0.1) is 0 Å². The van der Waals surface area contributed by atoms with E-state index in [1.54, 1.807) is 36.9 Å². The average Bonchev–Trinajstić information content (AvgIpc) is 2.62. The van der Waals surface area contributed by atoms with E-state index in [2.05, 4.69) is 9.97 Å². The first-order valence-electron chi connectivity index (χ1n) is 7.45. The SMILES string of the molecule is Nc1cc(N)c(OCc2cccnc2)cc1OCc1cccnc1. The van der Waals surface area contributed by atoms with Gasteiger partial charge in [0.15, 0.2) is 0 Å². The van der Waals surface area contributed by atoms with E-state index in [-0.39, 0.29) is 0 Å². The highest BCUT2D eigenvalue weighted by atomic mass is 16.5. The minimum atomic E-state index is 0.365. The molecule has 24 heavy (non-hydrogen) atoms. The zero-order chi connectivity index (χ0) is 16.8. The van der Waals surface area contributed by atoms with Gasteiger partial charge in [-0.2, -0.15) is 0 Å². The lowest BCUT2D eigenvalue weighted by atomic mass is 10.2. The zero-order valence-electron chi connectivity index (χ0n) is 13.1. The molecule has 0 aliphatic carbocycles. The Morgan fingerprint density at radius 2 is 1.25 bits per heavy atom. The summed E-state index contributed by atoms with van der Waals surface area (Å²) < 4.78 is 11.5. The molecule has 2 aromatic heterocycles. The second-order valence-corrected chi connectivity index (χ2v) is 5.23. The second-order valence-electron chi connectivity index (χ2n) is 5.23. The summed E-state index contributed by atoms with van der Waals surface area (Å²) >= 11 is 0. The number of nitrogen functional groups attached to an aromatic ring is 2. The van der Waals surface area contributed by atoms with Crippen molar-refractivity contribution in [2.24, 2.45) is 0 Å². The maximum absolute atomic E-state index is 5.98. The van der Waals surface area contributed by atoms with Crippen LogP contribution in [-0.4, -0.2) is 9.97 Å². The highest BCUT2D eigenvalue weighted by Gasteiger charge is 2.09. The van der Waals surface area contributed by atoms with Gasteiger partial charge < -0.3 is 20.9 Å². The van der Waals surface area contributed by atoms with E-state index in [0.717, 1.165) is 11.1 Å². The molecule has 3 rings (SSSR count). The van der Waals surface area contributed by atoms with Crippen molar-refractivity contribution in [1.82, 2.24) is 9.97 Å². The Morgan fingerprint density at radius 3 is 1.67 bits per heavy atom. The first kappa shape index (κ1) is 15.6. The van der Waals surface area contributed by atoms with Gasteiger partial charge in [0.05, 0.1) is 11.4 Å². The highest BCUT2D eigenvalue weighted by Crippen LogP contribution is 2.33. The molecule has 0 unspecified atom stereocenters. The summed E-state index contributed by atoms with van der Waals surface area (Å²) in [5, 5.41) is 0. The molecule has 4 N–H and O–H groups in total. The van der Waals surface area contributed by atoms with Crippen LogP contribution in [-0.2, 0) is 13.2 Å². The van der Waals surface area contributed by atoms with Crippen molar-refractivity contribution < 1.29 is 9.47 Å². The molecule has 0 amide bonds. The number of pyridine rings is 2. The highest BCUT2D eigenvalue weighted by molar-refractivity contribution is 5.67. The fourth-order valence-corrected chi connectivity index (χ4v) is 2.13. The van der Waals surface area contributed by atoms with Crippen LogP contribution in [0.25, 0.3) is 0 Å². The smallest absolute Gasteiger partial charge is 0.146 e. The first-order chi connectivity index (χ1) is 11.7. The van der Waals surface area contributed by atoms with Crippen LogP contribution in [0.5, 0.6) is 11.5 Å². The molecular weight excluding hydrogens is 304 g/mol. The summed E-state index contributed by atoms with van der Waals surface area (Å²) in [5.41, 5.74) is 14.8. The molecule has 0 atom stereocenters. The Balaban J connectivity index is 1.71. The number of ether oxygens (including phenoxy) is 2. The second kappa shape index (κ2) is 7.32. The van der Waals surface area contributed by atoms with Crippen molar-refractivity contribution in [2.75, 3.05) is 11.5 Å². The van der Waals surface area contributed by atoms with Crippen molar-refractivity contribution >= 4 is 11.4 Å². The van der Waals surface area contributed by atoms with E-state index in [9.17, 15) is 0 Å². The standard InChI is InChI=1S/C18H18N4O2/c19-15-7-16(20)18(24-12-14-4-2-6-22-10-14)8-17(15)23-11-13-3-1-5-21-9-13/h1-10H,11-12,19-20H2. The number of benzene rings is 1. The van der Waals surface area contributed by atoms with Crippen LogP contribution < -0.4 is 20.9 Å². The van der Waals surface area contributed by atoms with Crippen LogP contribution in [0, 0.1) is 0 Å². The largest absolute Gasteiger partial charge is 0.487 e. The number of hydrogen-bond acceptors (Lipinski definition) is 6. The van der Waals surface area contributed by atoms with Gasteiger partial charge in [-0.1, -0.05) is 12.1 Å². The predicted molar refractivity (Wildman–Crippen MR) is 92.4 cm³/mol. The van der Waals surface area contributed by atoms with Crippen LogP contribution in [0.3, 0.4) is 0 Å². The Kier molecular flexibility index (Phi) is 4.76. The maximum Gasteiger partial charge on any atom is 0.146 e. The number of anilines is 2. The molecule has 0 saturated carbocycles. The van der Waals surface area contributed by atoms with Crippen molar-refractivity contribution in [1.29, 1.82) is 0 Å². The number of aromatic nitrogens is 2. The molecule has 6 nitrogen and oxygen atoms in total. The lowest BCUT2D eigenvalue weighted by molar-refractivity contribution is 0.292. The lowest BCUT2D eigenvalue weighted by Crippen LogP contribution is -2.03. The summed E-state index contributed by atoms with van der Waals surface area (Å²) in [6, 6.07) is 10.9. The molecule has 0 aliphatic heterocycles. The van der Waals surface area contributed by atoms with E-state index in [1.165, 1.54) is 0 Å². The van der Waals surface area contributed by atoms with Gasteiger partial charge in [-0.25, -0.2) is 0 Å². The minimum Gasteiger partial charge on any atom is -0.487 e. The quantitative estimate of drug-likeness (QED) is 0.677. The monoisotopic (exact) mass is 322 g/mol. The number of rotatable bonds is 6. The van der Waals surface area contributed by atoms with Crippen molar-refractivity contribution in [3.05, 3.63) is 72.3 Å². The summed E-state index contributed by atoms with van der Waals surface area (Å²) in [4.78, 5) is 8.10. The third-order valence-corrected chi connectivity index (χ3v) is 3.38. The molecule has 0 aliphatic rings. The molecular formula is C18H18N4O2. The topological polar surface area (TPSA) is 96.3 Å². The molecule has 0 fully saturated rings. The molecule has 0 bridgehead atoms. The van der Waals surface area contributed by atoms with E-state index in [0.29, 0.717) is 36.1 Å². The van der Waals surface area contributed by atoms with Gasteiger partial charge >= 0.3 is 0 Å². The molecule has 6 heteroatoms. The Labute approximate surface area is 140 Å². The fourth-order valence-electron chi connectivity index (χ4n) is 2.13. The van der Waals surface area contributed by atoms with E-state index < -0.39 is 0 Å². The van der Waals surface area contributed by atoms with Crippen LogP contribution in [0.15, 0.2) is 61.2 Å². The molecule has 0 saturated heterocycles. The number of nitrogens with two attached hydrogens (primary N) is 2. The molecule has 122 valence electrons. The third kappa shape index (κ3) is 3.92. The Morgan fingerprint density at radius 1 is 0.750 bits per heavy atom. The maximum atomic E-state index is 5.98. The van der Waals surface area contributed by atoms with Gasteiger partial charge in [0.25, 0.3) is 0 Å². The van der Waals surface area contributed by atoms with E-state index in [4.69, 9.17) is 20.9 Å². The van der Waals surface area contributed by atoms with Crippen molar-refractivity contribution in [2.45, 2.75) is 13.2 Å². The van der Waals surface area contributed by atoms with Gasteiger partial charge in [0, 0.05) is 42.0 Å². The summed E-state index contributed by atoms with van der Waals surface area (Å²) in [6.45, 7) is 0.730. The molecule has 0 spiro atoms. The number of hydrogen-bond donors (Lipinski definition) is 2. The third-order valence-electron chi connectivity index (χ3n) is 3.38. The van der Waals surface area contributed by atoms with Crippen LogP contribution in [0.4, 0.5) is 11.4 Å². The summed E-state index contributed by atoms with van der Waals surface area (Å²) in [5.74, 6) is 1.04. The molecule has 2 heterocycles. The summed E-state index contributed by atoms with van der Waals surface area (Å²) in [6.07, 6.45) is 6.91. The van der Waals surface area contributed by atoms with Gasteiger partial charge in [-0.05, 0) is 18.2 Å². The Hall–Kier alpha value is -3.28. The predicted octanol–water partition coefficient (Wildman–Crippen LogP) is 2.80. The minimum absolute atomic E-state index is 0.365. The summed E-state index contributed by atoms with van der Waals surface area (Å²) in [7, 11) is 0. The van der Waals surface area contributed by atoms with E-state index in [1.807, 2.05) is 24.3 Å². The normalized spacial score (nSPS) is 10.3. The van der Waals surface area contributed by atoms with Gasteiger partial charge in [0.1, 0.15) is 24.7 Å². The van der Waals surface area contributed by atoms with Crippen LogP contribution in [0.2, 0.25) is 0 Å². The molecule has 0 radical (unpaired) electrons. The van der Waals surface area contributed by atoms with Gasteiger partial charge in [0.2, 0.25) is 0 Å². The van der Waals surface area contributed by atoms with Crippen molar-refractivity contribution in [3.8, 4) is 11.5 Å².